The van der Waals surface area contributed by atoms with E-state index in [-0.39, 0.29) is 18.6 Å². The van der Waals surface area contributed by atoms with Gasteiger partial charge in [-0.3, -0.25) is 4.79 Å². The lowest BCUT2D eigenvalue weighted by atomic mass is 10.2. The zero-order chi connectivity index (χ0) is 19.4. The largest absolute Gasteiger partial charge is 0.493 e. The van der Waals surface area contributed by atoms with Crippen LogP contribution in [-0.4, -0.2) is 51.9 Å². The number of nitrogens with zero attached hydrogens (tertiary/aromatic N) is 4. The lowest BCUT2D eigenvalue weighted by Crippen LogP contribution is -2.17. The summed E-state index contributed by atoms with van der Waals surface area (Å²) in [5, 5.41) is 13.3. The Labute approximate surface area is 168 Å². The van der Waals surface area contributed by atoms with Crippen molar-refractivity contribution in [3.63, 3.8) is 0 Å². The molecule has 0 aliphatic carbocycles. The van der Waals surface area contributed by atoms with E-state index in [0.29, 0.717) is 34.6 Å². The molecule has 0 aliphatic heterocycles. The fourth-order valence-corrected chi connectivity index (χ4v) is 3.28. The number of methoxy groups -OCH3 is 2. The molecule has 0 N–H and O–H groups in total. The molecule has 28 heavy (non-hydrogen) atoms. The Morgan fingerprint density at radius 2 is 1.89 bits per heavy atom. The fraction of sp³-hybridized carbons (Fsp3) is 0.368. The standard InChI is InChI=1S/C18H20N4O4S.CH4/c1-5-26-18(23)11(2)27-16-9-8-15-19-20-17(22(15)21-16)12-6-7-13(24-3)14(10-12)25-4;/h6-11H,5H2,1-4H3;1H4. The van der Waals surface area contributed by atoms with Crippen LogP contribution in [0.2, 0.25) is 0 Å². The van der Waals surface area contributed by atoms with Gasteiger partial charge in [0.25, 0.3) is 0 Å². The molecule has 0 saturated carbocycles. The minimum atomic E-state index is -0.365. The average Bonchev–Trinajstić information content (AvgIpc) is 3.10. The number of carbonyl (C=O) groups excluding carboxylic acids is 1. The number of rotatable bonds is 7. The van der Waals surface area contributed by atoms with Gasteiger partial charge in [-0.25, -0.2) is 0 Å². The number of thioether (sulfide) groups is 1. The van der Waals surface area contributed by atoms with Crippen molar-refractivity contribution < 1.29 is 19.0 Å². The number of benzene rings is 1. The van der Waals surface area contributed by atoms with Gasteiger partial charge in [0.2, 0.25) is 0 Å². The highest BCUT2D eigenvalue weighted by Crippen LogP contribution is 2.32. The number of esters is 1. The number of hydrogen-bond acceptors (Lipinski definition) is 8. The van der Waals surface area contributed by atoms with Gasteiger partial charge in [0.15, 0.2) is 23.0 Å². The molecule has 0 aliphatic rings. The number of aromatic nitrogens is 4. The van der Waals surface area contributed by atoms with E-state index >= 15 is 0 Å². The van der Waals surface area contributed by atoms with Gasteiger partial charge in [0.1, 0.15) is 10.3 Å². The predicted octanol–water partition coefficient (Wildman–Crippen LogP) is 3.49. The van der Waals surface area contributed by atoms with Gasteiger partial charge < -0.3 is 14.2 Å². The van der Waals surface area contributed by atoms with Crippen LogP contribution in [0, 0.1) is 0 Å². The van der Waals surface area contributed by atoms with Gasteiger partial charge in [-0.2, -0.15) is 9.61 Å². The van der Waals surface area contributed by atoms with E-state index in [0.717, 1.165) is 5.56 Å². The topological polar surface area (TPSA) is 87.8 Å². The lowest BCUT2D eigenvalue weighted by Gasteiger charge is -2.10. The number of ether oxygens (including phenoxy) is 3. The van der Waals surface area contributed by atoms with Crippen molar-refractivity contribution in [3.8, 4) is 22.9 Å². The van der Waals surface area contributed by atoms with Gasteiger partial charge in [-0.1, -0.05) is 19.2 Å². The van der Waals surface area contributed by atoms with E-state index in [2.05, 4.69) is 15.3 Å². The first-order chi connectivity index (χ1) is 13.1. The molecule has 2 aromatic heterocycles. The van der Waals surface area contributed by atoms with Crippen LogP contribution in [0.1, 0.15) is 21.3 Å². The van der Waals surface area contributed by atoms with Crippen LogP contribution in [-0.2, 0) is 9.53 Å². The quantitative estimate of drug-likeness (QED) is 0.437. The molecule has 3 rings (SSSR count). The van der Waals surface area contributed by atoms with E-state index in [1.807, 2.05) is 24.3 Å². The monoisotopic (exact) mass is 404 g/mol. The molecule has 1 atom stereocenters. The summed E-state index contributed by atoms with van der Waals surface area (Å²) in [6.07, 6.45) is 0. The summed E-state index contributed by atoms with van der Waals surface area (Å²) >= 11 is 1.32. The summed E-state index contributed by atoms with van der Waals surface area (Å²) < 4.78 is 17.3. The van der Waals surface area contributed by atoms with Crippen molar-refractivity contribution in [1.82, 2.24) is 19.8 Å². The van der Waals surface area contributed by atoms with Crippen molar-refractivity contribution in [3.05, 3.63) is 30.3 Å². The highest BCUT2D eigenvalue weighted by atomic mass is 32.2. The maximum absolute atomic E-state index is 11.9. The summed E-state index contributed by atoms with van der Waals surface area (Å²) in [7, 11) is 3.16. The molecule has 2 heterocycles. The van der Waals surface area contributed by atoms with Crippen molar-refractivity contribution in [2.75, 3.05) is 20.8 Å². The molecule has 0 saturated heterocycles. The summed E-state index contributed by atoms with van der Waals surface area (Å²) in [4.78, 5) is 11.9. The maximum Gasteiger partial charge on any atom is 0.319 e. The molecule has 9 heteroatoms. The minimum Gasteiger partial charge on any atom is -0.493 e. The third-order valence-corrected chi connectivity index (χ3v) is 4.80. The Morgan fingerprint density at radius 3 is 2.57 bits per heavy atom. The van der Waals surface area contributed by atoms with Crippen molar-refractivity contribution >= 4 is 23.4 Å². The average molecular weight is 404 g/mol. The van der Waals surface area contributed by atoms with E-state index in [9.17, 15) is 4.79 Å². The SMILES string of the molecule is C.CCOC(=O)C(C)Sc1ccc2nnc(-c3ccc(OC)c(OC)c3)n2n1. The van der Waals surface area contributed by atoms with E-state index in [4.69, 9.17) is 14.2 Å². The number of fused-ring (bicyclic) bond motifs is 1. The molecule has 150 valence electrons. The molecule has 1 aromatic carbocycles. The molecule has 0 bridgehead atoms. The minimum absolute atomic E-state index is 0. The molecule has 3 aromatic rings. The molecular formula is C19H24N4O4S. The molecule has 8 nitrogen and oxygen atoms in total. The smallest absolute Gasteiger partial charge is 0.319 e. The second-order valence-corrected chi connectivity index (χ2v) is 6.91. The van der Waals surface area contributed by atoms with Crippen molar-refractivity contribution in [2.24, 2.45) is 0 Å². The van der Waals surface area contributed by atoms with Crippen molar-refractivity contribution in [2.45, 2.75) is 31.6 Å². The van der Waals surface area contributed by atoms with E-state index in [1.54, 1.807) is 38.6 Å². The van der Waals surface area contributed by atoms with Gasteiger partial charge in [-0.15, -0.1) is 10.2 Å². The second kappa shape index (κ2) is 9.41. The van der Waals surface area contributed by atoms with Gasteiger partial charge in [-0.05, 0) is 44.2 Å². The Bertz CT molecular complexity index is 960. The zero-order valence-corrected chi connectivity index (χ0v) is 16.3. The van der Waals surface area contributed by atoms with E-state index in [1.165, 1.54) is 11.8 Å². The van der Waals surface area contributed by atoms with Crippen LogP contribution in [0.5, 0.6) is 11.5 Å². The lowest BCUT2D eigenvalue weighted by molar-refractivity contribution is -0.142. The predicted molar refractivity (Wildman–Crippen MR) is 108 cm³/mol. The summed E-state index contributed by atoms with van der Waals surface area (Å²) in [5.74, 6) is 1.52. The molecule has 0 spiro atoms. The number of carbonyl (C=O) groups is 1. The summed E-state index contributed by atoms with van der Waals surface area (Å²) in [6, 6.07) is 9.10. The van der Waals surface area contributed by atoms with Crippen LogP contribution in [0.25, 0.3) is 17.0 Å². The van der Waals surface area contributed by atoms with Crippen LogP contribution in [0.3, 0.4) is 0 Å². The molecule has 0 amide bonds. The first-order valence-electron chi connectivity index (χ1n) is 8.35. The molecule has 1 unspecified atom stereocenters. The Kier molecular flexibility index (Phi) is 7.22. The Morgan fingerprint density at radius 1 is 1.14 bits per heavy atom. The highest BCUT2D eigenvalue weighted by Gasteiger charge is 2.18. The van der Waals surface area contributed by atoms with Crippen molar-refractivity contribution in [1.29, 1.82) is 0 Å². The summed E-state index contributed by atoms with van der Waals surface area (Å²) in [6.45, 7) is 3.92. The molecule has 0 fully saturated rings. The van der Waals surface area contributed by atoms with Gasteiger partial charge >= 0.3 is 5.97 Å². The van der Waals surface area contributed by atoms with Crippen LogP contribution in [0.4, 0.5) is 0 Å². The van der Waals surface area contributed by atoms with Gasteiger partial charge in [0.05, 0.1) is 20.8 Å². The highest BCUT2D eigenvalue weighted by molar-refractivity contribution is 8.00. The molecule has 0 radical (unpaired) electrons. The Balaban J connectivity index is 0.00000280. The van der Waals surface area contributed by atoms with Crippen LogP contribution in [0.15, 0.2) is 35.4 Å². The third kappa shape index (κ3) is 4.36. The zero-order valence-electron chi connectivity index (χ0n) is 15.5. The maximum atomic E-state index is 11.9. The van der Waals surface area contributed by atoms with Crippen LogP contribution >= 0.6 is 11.8 Å². The normalized spacial score (nSPS) is 11.6. The number of hydrogen-bond donors (Lipinski definition) is 0. The first kappa shape index (κ1) is 21.5. The summed E-state index contributed by atoms with van der Waals surface area (Å²) in [5.41, 5.74) is 1.39. The molecular weight excluding hydrogens is 380 g/mol. The fourth-order valence-electron chi connectivity index (χ4n) is 2.48. The first-order valence-corrected chi connectivity index (χ1v) is 9.23. The van der Waals surface area contributed by atoms with E-state index < -0.39 is 0 Å². The second-order valence-electron chi connectivity index (χ2n) is 5.55. The van der Waals surface area contributed by atoms with Crippen LogP contribution < -0.4 is 9.47 Å². The third-order valence-electron chi connectivity index (χ3n) is 3.80. The van der Waals surface area contributed by atoms with Gasteiger partial charge in [0, 0.05) is 5.56 Å². The Hall–Kier alpha value is -2.81.